The molecule has 0 spiro atoms. The molecular weight excluding hydrogens is 371 g/mol. The van der Waals surface area contributed by atoms with E-state index >= 15 is 0 Å². The molecule has 7 heteroatoms. The second kappa shape index (κ2) is 11.6. The molecule has 0 aromatic heterocycles. The van der Waals surface area contributed by atoms with Crippen molar-refractivity contribution in [2.24, 2.45) is 5.10 Å². The topological polar surface area (TPSA) is 73.8 Å². The molecule has 29 heavy (non-hydrogen) atoms. The van der Waals surface area contributed by atoms with Crippen molar-refractivity contribution in [3.8, 4) is 0 Å². The maximum atomic E-state index is 13.1. The highest BCUT2D eigenvalue weighted by Crippen LogP contribution is 2.15. The van der Waals surface area contributed by atoms with Crippen LogP contribution >= 0.6 is 0 Å². The third kappa shape index (κ3) is 7.37. The SMILES string of the molecule is CCCN(CCC)c1ccc(/C=N/NC(=O)CNC(=O)c2cccc(F)c2)cc1. The fourth-order valence-electron chi connectivity index (χ4n) is 2.79. The van der Waals surface area contributed by atoms with Gasteiger partial charge in [-0.3, -0.25) is 9.59 Å². The molecule has 2 rings (SSSR count). The van der Waals surface area contributed by atoms with Crippen molar-refractivity contribution in [3.05, 3.63) is 65.5 Å². The number of nitrogens with one attached hydrogen (secondary N) is 2. The van der Waals surface area contributed by atoms with Crippen LogP contribution in [0.2, 0.25) is 0 Å². The van der Waals surface area contributed by atoms with Crippen LogP contribution in [0.4, 0.5) is 10.1 Å². The first kappa shape index (κ1) is 22.1. The number of rotatable bonds is 10. The van der Waals surface area contributed by atoms with Gasteiger partial charge in [-0.15, -0.1) is 0 Å². The van der Waals surface area contributed by atoms with Gasteiger partial charge in [0.05, 0.1) is 12.8 Å². The van der Waals surface area contributed by atoms with Crippen molar-refractivity contribution >= 4 is 23.7 Å². The summed E-state index contributed by atoms with van der Waals surface area (Å²) in [5.74, 6) is -1.51. The molecule has 0 fully saturated rings. The summed E-state index contributed by atoms with van der Waals surface area (Å²) in [6, 6.07) is 13.2. The third-order valence-electron chi connectivity index (χ3n) is 4.14. The molecule has 2 aromatic carbocycles. The van der Waals surface area contributed by atoms with Crippen molar-refractivity contribution in [2.75, 3.05) is 24.5 Å². The monoisotopic (exact) mass is 398 g/mol. The van der Waals surface area contributed by atoms with Crippen LogP contribution in [0.1, 0.15) is 42.6 Å². The van der Waals surface area contributed by atoms with E-state index in [4.69, 9.17) is 0 Å². The van der Waals surface area contributed by atoms with Crippen LogP contribution < -0.4 is 15.6 Å². The number of hydrazone groups is 1. The number of benzene rings is 2. The van der Waals surface area contributed by atoms with Crippen LogP contribution in [0, 0.1) is 5.82 Å². The molecule has 0 atom stereocenters. The molecule has 0 aliphatic carbocycles. The maximum absolute atomic E-state index is 13.1. The largest absolute Gasteiger partial charge is 0.372 e. The van der Waals surface area contributed by atoms with Gasteiger partial charge in [0.1, 0.15) is 5.82 Å². The lowest BCUT2D eigenvalue weighted by Crippen LogP contribution is -2.34. The molecule has 0 aliphatic rings. The molecular formula is C22H27FN4O2. The van der Waals surface area contributed by atoms with Gasteiger partial charge in [0, 0.05) is 24.3 Å². The zero-order valence-corrected chi connectivity index (χ0v) is 16.8. The Morgan fingerprint density at radius 3 is 2.38 bits per heavy atom. The molecule has 2 aromatic rings. The number of carbonyl (C=O) groups is 2. The summed E-state index contributed by atoms with van der Waals surface area (Å²) in [4.78, 5) is 26.0. The summed E-state index contributed by atoms with van der Waals surface area (Å²) < 4.78 is 13.1. The number of hydrogen-bond acceptors (Lipinski definition) is 4. The molecule has 0 aliphatic heterocycles. The van der Waals surface area contributed by atoms with Crippen molar-refractivity contribution < 1.29 is 14.0 Å². The van der Waals surface area contributed by atoms with E-state index in [1.165, 1.54) is 18.2 Å². The number of carbonyl (C=O) groups excluding carboxylic acids is 2. The van der Waals surface area contributed by atoms with Gasteiger partial charge in [-0.25, -0.2) is 9.82 Å². The second-order valence-corrected chi connectivity index (χ2v) is 6.56. The van der Waals surface area contributed by atoms with Gasteiger partial charge < -0.3 is 10.2 Å². The Kier molecular flexibility index (Phi) is 8.82. The Morgan fingerprint density at radius 1 is 1.07 bits per heavy atom. The molecule has 2 N–H and O–H groups in total. The smallest absolute Gasteiger partial charge is 0.259 e. The average Bonchev–Trinajstić information content (AvgIpc) is 2.72. The van der Waals surface area contributed by atoms with Gasteiger partial charge in [0.2, 0.25) is 0 Å². The van der Waals surface area contributed by atoms with E-state index in [1.807, 2.05) is 24.3 Å². The van der Waals surface area contributed by atoms with Crippen molar-refractivity contribution in [1.29, 1.82) is 0 Å². The zero-order valence-electron chi connectivity index (χ0n) is 16.8. The first-order valence-electron chi connectivity index (χ1n) is 9.74. The Balaban J connectivity index is 1.81. The van der Waals surface area contributed by atoms with E-state index in [-0.39, 0.29) is 12.1 Å². The molecule has 0 radical (unpaired) electrons. The van der Waals surface area contributed by atoms with Gasteiger partial charge in [-0.2, -0.15) is 5.10 Å². The Morgan fingerprint density at radius 2 is 1.76 bits per heavy atom. The molecule has 0 heterocycles. The Hall–Kier alpha value is -3.22. The number of amides is 2. The summed E-state index contributed by atoms with van der Waals surface area (Å²) in [5, 5.41) is 6.33. The zero-order chi connectivity index (χ0) is 21.1. The minimum absolute atomic E-state index is 0.154. The van der Waals surface area contributed by atoms with Crippen molar-refractivity contribution in [2.45, 2.75) is 26.7 Å². The highest BCUT2D eigenvalue weighted by atomic mass is 19.1. The maximum Gasteiger partial charge on any atom is 0.259 e. The molecule has 0 bridgehead atoms. The van der Waals surface area contributed by atoms with Crippen LogP contribution in [0.3, 0.4) is 0 Å². The molecule has 6 nitrogen and oxygen atoms in total. The van der Waals surface area contributed by atoms with Gasteiger partial charge in [0.15, 0.2) is 0 Å². The minimum Gasteiger partial charge on any atom is -0.372 e. The predicted octanol–water partition coefficient (Wildman–Crippen LogP) is 3.33. The van der Waals surface area contributed by atoms with Crippen LogP contribution in [0.25, 0.3) is 0 Å². The number of hydrogen-bond donors (Lipinski definition) is 2. The molecule has 2 amide bonds. The van der Waals surface area contributed by atoms with Gasteiger partial charge in [-0.1, -0.05) is 32.0 Å². The number of anilines is 1. The molecule has 154 valence electrons. The van der Waals surface area contributed by atoms with Crippen LogP contribution in [-0.2, 0) is 4.79 Å². The summed E-state index contributed by atoms with van der Waals surface area (Å²) in [7, 11) is 0. The summed E-state index contributed by atoms with van der Waals surface area (Å²) >= 11 is 0. The van der Waals surface area contributed by atoms with E-state index in [1.54, 1.807) is 6.21 Å². The third-order valence-corrected chi connectivity index (χ3v) is 4.14. The lowest BCUT2D eigenvalue weighted by molar-refractivity contribution is -0.120. The molecule has 0 saturated heterocycles. The quantitative estimate of drug-likeness (QED) is 0.476. The van der Waals surface area contributed by atoms with Gasteiger partial charge in [0.25, 0.3) is 11.8 Å². The minimum atomic E-state index is -0.525. The molecule has 0 saturated carbocycles. The lowest BCUT2D eigenvalue weighted by atomic mass is 10.2. The Labute approximate surface area is 170 Å². The van der Waals surface area contributed by atoms with E-state index < -0.39 is 17.6 Å². The van der Waals surface area contributed by atoms with Crippen LogP contribution in [-0.4, -0.2) is 37.7 Å². The predicted molar refractivity (Wildman–Crippen MR) is 114 cm³/mol. The lowest BCUT2D eigenvalue weighted by Gasteiger charge is -2.23. The van der Waals surface area contributed by atoms with Crippen LogP contribution in [0.15, 0.2) is 53.6 Å². The highest BCUT2D eigenvalue weighted by Gasteiger charge is 2.08. The fourth-order valence-corrected chi connectivity index (χ4v) is 2.79. The number of halogens is 1. The standard InChI is InChI=1S/C22H27FN4O2/c1-3-12-27(13-4-2)20-10-8-17(9-11-20)15-25-26-21(28)16-24-22(29)18-6-5-7-19(23)14-18/h5-11,14-15H,3-4,12-13,16H2,1-2H3,(H,24,29)(H,26,28)/b25-15+. The summed E-state index contributed by atoms with van der Waals surface area (Å²) in [6.07, 6.45) is 3.72. The first-order valence-corrected chi connectivity index (χ1v) is 9.74. The molecule has 0 unspecified atom stereocenters. The van der Waals surface area contributed by atoms with Gasteiger partial charge >= 0.3 is 0 Å². The van der Waals surface area contributed by atoms with Crippen LogP contribution in [0.5, 0.6) is 0 Å². The van der Waals surface area contributed by atoms with Crippen molar-refractivity contribution in [1.82, 2.24) is 10.7 Å². The summed E-state index contributed by atoms with van der Waals surface area (Å²) in [5.41, 5.74) is 4.53. The normalized spacial score (nSPS) is 10.7. The van der Waals surface area contributed by atoms with E-state index in [9.17, 15) is 14.0 Å². The summed E-state index contributed by atoms with van der Waals surface area (Å²) in [6.45, 7) is 6.09. The van der Waals surface area contributed by atoms with Gasteiger partial charge in [-0.05, 0) is 48.7 Å². The second-order valence-electron chi connectivity index (χ2n) is 6.56. The number of nitrogens with zero attached hydrogens (tertiary/aromatic N) is 2. The average molecular weight is 398 g/mol. The van der Waals surface area contributed by atoms with E-state index in [0.29, 0.717) is 0 Å². The highest BCUT2D eigenvalue weighted by molar-refractivity contribution is 5.96. The fraction of sp³-hybridized carbons (Fsp3) is 0.318. The van der Waals surface area contributed by atoms with E-state index in [0.717, 1.165) is 43.2 Å². The van der Waals surface area contributed by atoms with Crippen molar-refractivity contribution in [3.63, 3.8) is 0 Å². The van der Waals surface area contributed by atoms with E-state index in [2.05, 4.69) is 34.6 Å². The Bertz CT molecular complexity index is 831. The first-order chi connectivity index (χ1) is 14.0.